The zero-order valence-electron chi connectivity index (χ0n) is 41.1. The Labute approximate surface area is 434 Å². The third-order valence-corrected chi connectivity index (χ3v) is 11.5. The van der Waals surface area contributed by atoms with Crippen molar-refractivity contribution in [1.82, 2.24) is 0 Å². The fourth-order valence-corrected chi connectivity index (χ4v) is 8.02. The summed E-state index contributed by atoms with van der Waals surface area (Å²) in [7, 11) is 0. The van der Waals surface area contributed by atoms with Gasteiger partial charge in [0.1, 0.15) is 12.2 Å². The number of carbonyl (C=O) groups excluding carboxylic acids is 4. The Kier molecular flexibility index (Phi) is 42.8. The Morgan fingerprint density at radius 3 is 0.985 bits per heavy atom. The second-order valence-corrected chi connectivity index (χ2v) is 17.5. The molecule has 364 valence electrons. The van der Waals surface area contributed by atoms with E-state index in [9.17, 15) is 29.4 Å². The van der Waals surface area contributed by atoms with E-state index in [1.165, 1.54) is 25.0 Å². The van der Waals surface area contributed by atoms with Gasteiger partial charge in [0.2, 0.25) is 0 Å². The Hall–Kier alpha value is -2.19. The smallest absolute Gasteiger partial charge is 0.550 e. The number of esters is 2. The van der Waals surface area contributed by atoms with Gasteiger partial charge >= 0.3 is 60.8 Å². The summed E-state index contributed by atoms with van der Waals surface area (Å²) in [5, 5.41) is 20.9. The van der Waals surface area contributed by atoms with E-state index in [1.807, 2.05) is 36.4 Å². The topological polar surface area (TPSA) is 151 Å². The van der Waals surface area contributed by atoms with Gasteiger partial charge in [0.25, 0.3) is 0 Å². The summed E-state index contributed by atoms with van der Waals surface area (Å²) in [5.41, 5.74) is 2.39. The van der Waals surface area contributed by atoms with Crippen molar-refractivity contribution in [1.29, 1.82) is 0 Å². The molecule has 0 aliphatic carbocycles. The number of ether oxygens (including phenoxy) is 4. The monoisotopic (exact) mass is 1030 g/mol. The molecule has 0 saturated heterocycles. The second-order valence-electron chi connectivity index (χ2n) is 17.5. The molecule has 0 aromatic heterocycles. The Morgan fingerprint density at radius 1 is 0.415 bits per heavy atom. The standard InChI is InChI=1S/2C27H44O5.Ba/c2*1-3-15-26(32-23(2)28)20-14-13-19-25(31-22-24-16-9-8-10-17-24)18-11-6-4-5-7-12-21-27(29)30;/h2*8-10,16-17,25-26H,3-7,11-15,18-22H2,1-2H3,(H,29,30);/q;;+2/p-2. The van der Waals surface area contributed by atoms with Crippen LogP contribution in [0.1, 0.15) is 219 Å². The molecule has 11 heteroatoms. The number of rotatable bonds is 40. The first-order chi connectivity index (χ1) is 31.0. The molecule has 2 aromatic rings. The molecule has 0 aliphatic heterocycles. The Morgan fingerprint density at radius 2 is 0.692 bits per heavy atom. The van der Waals surface area contributed by atoms with Crippen molar-refractivity contribution in [2.24, 2.45) is 0 Å². The molecule has 2 aromatic carbocycles. The van der Waals surface area contributed by atoms with Gasteiger partial charge in [0.05, 0.1) is 25.4 Å². The molecule has 0 fully saturated rings. The molecule has 0 N–H and O–H groups in total. The summed E-state index contributed by atoms with van der Waals surface area (Å²) in [4.78, 5) is 43.5. The zero-order valence-corrected chi connectivity index (χ0v) is 45.5. The van der Waals surface area contributed by atoms with Crippen molar-refractivity contribution in [2.45, 2.75) is 245 Å². The van der Waals surface area contributed by atoms with Crippen LogP contribution in [0, 0.1) is 0 Å². The maximum atomic E-state index is 11.3. The summed E-state index contributed by atoms with van der Waals surface area (Å²) < 4.78 is 23.4. The molecule has 0 spiro atoms. The van der Waals surface area contributed by atoms with Crippen LogP contribution in [0.25, 0.3) is 0 Å². The molecule has 0 bridgehead atoms. The first-order valence-corrected chi connectivity index (χ1v) is 25.1. The van der Waals surface area contributed by atoms with Crippen LogP contribution in [0.15, 0.2) is 60.7 Å². The summed E-state index contributed by atoms with van der Waals surface area (Å²) in [5.74, 6) is -2.27. The molecule has 0 amide bonds. The average molecular weight is 1030 g/mol. The third-order valence-electron chi connectivity index (χ3n) is 11.5. The minimum absolute atomic E-state index is 0. The minimum Gasteiger partial charge on any atom is -0.550 e. The Bertz CT molecular complexity index is 1320. The number of unbranched alkanes of at least 4 members (excludes halogenated alkanes) is 12. The molecule has 4 unspecified atom stereocenters. The van der Waals surface area contributed by atoms with Crippen LogP contribution < -0.4 is 10.2 Å². The fourth-order valence-electron chi connectivity index (χ4n) is 8.02. The van der Waals surface area contributed by atoms with Gasteiger partial charge in [-0.2, -0.15) is 0 Å². The van der Waals surface area contributed by atoms with Gasteiger partial charge in [0.15, 0.2) is 0 Å². The summed E-state index contributed by atoms with van der Waals surface area (Å²) >= 11 is 0. The third kappa shape index (κ3) is 40.6. The Balaban J connectivity index is 0.00000124. The predicted molar refractivity (Wildman–Crippen MR) is 258 cm³/mol. The van der Waals surface area contributed by atoms with Crippen LogP contribution in [-0.4, -0.2) is 97.2 Å². The van der Waals surface area contributed by atoms with Gasteiger partial charge in [-0.3, -0.25) is 9.59 Å². The van der Waals surface area contributed by atoms with Crippen LogP contribution in [0.2, 0.25) is 0 Å². The van der Waals surface area contributed by atoms with Gasteiger partial charge in [0, 0.05) is 25.8 Å². The van der Waals surface area contributed by atoms with E-state index in [-0.39, 0.29) is 98.1 Å². The molecule has 0 aliphatic rings. The van der Waals surface area contributed by atoms with Crippen LogP contribution >= 0.6 is 0 Å². The van der Waals surface area contributed by atoms with Crippen molar-refractivity contribution < 1.29 is 48.3 Å². The minimum atomic E-state index is -0.947. The predicted octanol–water partition coefficient (Wildman–Crippen LogP) is 11.1. The largest absolute Gasteiger partial charge is 2.00 e. The van der Waals surface area contributed by atoms with Crippen LogP contribution in [-0.2, 0) is 51.3 Å². The number of hydrogen-bond acceptors (Lipinski definition) is 10. The van der Waals surface area contributed by atoms with Gasteiger partial charge in [-0.15, -0.1) is 0 Å². The number of hydrogen-bond donors (Lipinski definition) is 0. The maximum absolute atomic E-state index is 11.3. The average Bonchev–Trinajstić information content (AvgIpc) is 3.26. The molecule has 10 nitrogen and oxygen atoms in total. The number of carbonyl (C=O) groups is 4. The summed E-state index contributed by atoms with van der Waals surface area (Å²) in [6, 6.07) is 20.6. The van der Waals surface area contributed by atoms with Gasteiger partial charge in [-0.1, -0.05) is 164 Å². The van der Waals surface area contributed by atoms with Crippen LogP contribution in [0.3, 0.4) is 0 Å². The van der Waals surface area contributed by atoms with Gasteiger partial charge in [-0.25, -0.2) is 0 Å². The summed E-state index contributed by atoms with van der Waals surface area (Å²) in [6.45, 7) is 8.49. The van der Waals surface area contributed by atoms with Gasteiger partial charge in [-0.05, 0) is 101 Å². The van der Waals surface area contributed by atoms with E-state index in [4.69, 9.17) is 18.9 Å². The zero-order chi connectivity index (χ0) is 46.9. The molecular formula is C54H86BaO10. The molecule has 65 heavy (non-hydrogen) atoms. The molecule has 0 saturated carbocycles. The molecule has 2 rings (SSSR count). The maximum Gasteiger partial charge on any atom is 2.00 e. The molecule has 4 atom stereocenters. The quantitative estimate of drug-likeness (QED) is 0.0358. The van der Waals surface area contributed by atoms with Crippen LogP contribution in [0.5, 0.6) is 0 Å². The first-order valence-electron chi connectivity index (χ1n) is 25.1. The van der Waals surface area contributed by atoms with Crippen molar-refractivity contribution >= 4 is 72.8 Å². The SMILES string of the molecule is CCCC(CCCCC(CCCCCCCCC(=O)[O-])OCc1ccccc1)OC(C)=O.CCCC(CCCCC(CCCCCCCCC(=O)[O-])OCc1ccccc1)OC(C)=O.[Ba+2]. The van der Waals surface area contributed by atoms with Crippen molar-refractivity contribution in [3.8, 4) is 0 Å². The summed E-state index contributed by atoms with van der Waals surface area (Å²) in [6.07, 6.45) is 27.4. The molecule has 0 radical (unpaired) electrons. The number of carboxylic acids is 2. The van der Waals surface area contributed by atoms with E-state index in [0.717, 1.165) is 167 Å². The van der Waals surface area contributed by atoms with E-state index >= 15 is 0 Å². The molecule has 0 heterocycles. The van der Waals surface area contributed by atoms with Crippen LogP contribution in [0.4, 0.5) is 0 Å². The number of benzene rings is 2. The normalized spacial score (nSPS) is 12.7. The van der Waals surface area contributed by atoms with E-state index in [1.54, 1.807) is 0 Å². The number of carboxylic acid groups (broad SMARTS) is 2. The fraction of sp³-hybridized carbons (Fsp3) is 0.704. The van der Waals surface area contributed by atoms with Crippen molar-refractivity contribution in [2.75, 3.05) is 0 Å². The first kappa shape index (κ1) is 62.8. The van der Waals surface area contributed by atoms with Gasteiger partial charge < -0.3 is 38.7 Å². The van der Waals surface area contributed by atoms with E-state index in [0.29, 0.717) is 13.2 Å². The van der Waals surface area contributed by atoms with Crippen molar-refractivity contribution in [3.05, 3.63) is 71.8 Å². The van der Waals surface area contributed by atoms with E-state index in [2.05, 4.69) is 38.1 Å². The van der Waals surface area contributed by atoms with Crippen molar-refractivity contribution in [3.63, 3.8) is 0 Å². The molecular weight excluding hydrogens is 946 g/mol. The van der Waals surface area contributed by atoms with E-state index < -0.39 is 11.9 Å². The second kappa shape index (κ2) is 44.3. The number of aliphatic carboxylic acids is 2.